The molecule has 19 heavy (non-hydrogen) atoms. The molecule has 1 aliphatic carbocycles. The second-order valence-electron chi connectivity index (χ2n) is 5.03. The zero-order valence-corrected chi connectivity index (χ0v) is 11.2. The minimum Gasteiger partial charge on any atom is -0.376 e. The van der Waals surface area contributed by atoms with Crippen LogP contribution in [0.4, 0.5) is 0 Å². The predicted octanol–water partition coefficient (Wildman–Crippen LogP) is 2.22. The van der Waals surface area contributed by atoms with Crippen LogP contribution in [-0.2, 0) is 11.3 Å². The molecule has 1 aromatic rings. The van der Waals surface area contributed by atoms with Crippen LogP contribution in [0.25, 0.3) is 0 Å². The van der Waals surface area contributed by atoms with Crippen LogP contribution in [0.3, 0.4) is 0 Å². The Morgan fingerprint density at radius 2 is 2.16 bits per heavy atom. The summed E-state index contributed by atoms with van der Waals surface area (Å²) >= 11 is 0. The molecule has 0 unspecified atom stereocenters. The number of imidazole rings is 1. The molecule has 0 radical (unpaired) electrons. The van der Waals surface area contributed by atoms with E-state index < -0.39 is 0 Å². The molecule has 0 N–H and O–H groups in total. The molecular formula is C14H18N4O. The average molecular weight is 258 g/mol. The molecule has 0 spiro atoms. The molecule has 5 nitrogen and oxygen atoms in total. The second kappa shape index (κ2) is 6.36. The number of hydrogen-bond donors (Lipinski definition) is 0. The van der Waals surface area contributed by atoms with Crippen molar-refractivity contribution < 1.29 is 4.74 Å². The SMILES string of the molecule is C[C@@H]1CCCC[C@@H]1OCCn1cnc(C#N)c1C#N. The van der Waals surface area contributed by atoms with Crippen molar-refractivity contribution in [1.82, 2.24) is 9.55 Å². The smallest absolute Gasteiger partial charge is 0.176 e. The van der Waals surface area contributed by atoms with Crippen molar-refractivity contribution in [3.8, 4) is 12.1 Å². The molecule has 1 saturated carbocycles. The van der Waals surface area contributed by atoms with Crippen molar-refractivity contribution in [2.75, 3.05) is 6.61 Å². The molecule has 0 amide bonds. The topological polar surface area (TPSA) is 74.6 Å². The van der Waals surface area contributed by atoms with Gasteiger partial charge in [-0.2, -0.15) is 10.5 Å². The van der Waals surface area contributed by atoms with E-state index in [0.29, 0.717) is 30.9 Å². The van der Waals surface area contributed by atoms with Crippen LogP contribution in [0.2, 0.25) is 0 Å². The third-order valence-corrected chi connectivity index (χ3v) is 3.75. The average Bonchev–Trinajstić information content (AvgIpc) is 2.83. The molecule has 0 aromatic carbocycles. The lowest BCUT2D eigenvalue weighted by Crippen LogP contribution is -2.27. The molecule has 2 rings (SSSR count). The van der Waals surface area contributed by atoms with Gasteiger partial charge in [-0.3, -0.25) is 0 Å². The molecule has 0 aliphatic heterocycles. The summed E-state index contributed by atoms with van der Waals surface area (Å²) in [4.78, 5) is 3.91. The van der Waals surface area contributed by atoms with E-state index in [9.17, 15) is 0 Å². The Kier molecular flexibility index (Phi) is 4.54. The largest absolute Gasteiger partial charge is 0.376 e. The van der Waals surface area contributed by atoms with Crippen LogP contribution in [0.5, 0.6) is 0 Å². The summed E-state index contributed by atoms with van der Waals surface area (Å²) in [6, 6.07) is 3.93. The Morgan fingerprint density at radius 1 is 1.37 bits per heavy atom. The molecule has 0 bridgehead atoms. The maximum atomic E-state index is 9.01. The number of nitrogens with zero attached hydrogens (tertiary/aromatic N) is 4. The van der Waals surface area contributed by atoms with Gasteiger partial charge in [-0.05, 0) is 18.8 Å². The summed E-state index contributed by atoms with van der Waals surface area (Å²) < 4.78 is 7.59. The maximum Gasteiger partial charge on any atom is 0.176 e. The van der Waals surface area contributed by atoms with Gasteiger partial charge >= 0.3 is 0 Å². The normalized spacial score (nSPS) is 22.7. The molecule has 1 aromatic heterocycles. The van der Waals surface area contributed by atoms with E-state index in [1.165, 1.54) is 25.6 Å². The zero-order valence-electron chi connectivity index (χ0n) is 11.2. The van der Waals surface area contributed by atoms with Gasteiger partial charge in [-0.15, -0.1) is 0 Å². The minimum atomic E-state index is 0.188. The van der Waals surface area contributed by atoms with E-state index in [1.807, 2.05) is 12.1 Å². The molecular weight excluding hydrogens is 240 g/mol. The van der Waals surface area contributed by atoms with Gasteiger partial charge < -0.3 is 9.30 Å². The Balaban J connectivity index is 1.88. The summed E-state index contributed by atoms with van der Waals surface area (Å²) in [6.07, 6.45) is 6.76. The lowest BCUT2D eigenvalue weighted by Gasteiger charge is -2.28. The Hall–Kier alpha value is -1.85. The van der Waals surface area contributed by atoms with Gasteiger partial charge in [0.2, 0.25) is 0 Å². The van der Waals surface area contributed by atoms with Crippen LogP contribution >= 0.6 is 0 Å². The van der Waals surface area contributed by atoms with Gasteiger partial charge in [0.1, 0.15) is 12.1 Å². The van der Waals surface area contributed by atoms with Crippen molar-refractivity contribution in [3.63, 3.8) is 0 Å². The molecule has 1 fully saturated rings. The lowest BCUT2D eigenvalue weighted by atomic mass is 9.88. The zero-order chi connectivity index (χ0) is 13.7. The summed E-state index contributed by atoms with van der Waals surface area (Å²) in [5.41, 5.74) is 0.510. The van der Waals surface area contributed by atoms with Crippen molar-refractivity contribution in [3.05, 3.63) is 17.7 Å². The number of aromatic nitrogens is 2. The van der Waals surface area contributed by atoms with E-state index in [0.717, 1.165) is 6.42 Å². The first-order chi connectivity index (χ1) is 9.26. The molecule has 100 valence electrons. The van der Waals surface area contributed by atoms with E-state index in [2.05, 4.69) is 11.9 Å². The van der Waals surface area contributed by atoms with Crippen LogP contribution in [0.1, 0.15) is 44.0 Å². The van der Waals surface area contributed by atoms with Gasteiger partial charge in [0.25, 0.3) is 0 Å². The second-order valence-corrected chi connectivity index (χ2v) is 5.03. The number of rotatable bonds is 4. The van der Waals surface area contributed by atoms with Crippen molar-refractivity contribution >= 4 is 0 Å². The fourth-order valence-electron chi connectivity index (χ4n) is 2.58. The number of ether oxygens (including phenoxy) is 1. The summed E-state index contributed by atoms with van der Waals surface area (Å²) in [6.45, 7) is 3.36. The third-order valence-electron chi connectivity index (χ3n) is 3.75. The van der Waals surface area contributed by atoms with Gasteiger partial charge in [0.05, 0.1) is 19.0 Å². The number of nitriles is 2. The van der Waals surface area contributed by atoms with Crippen LogP contribution in [0, 0.1) is 28.6 Å². The van der Waals surface area contributed by atoms with Crippen LogP contribution < -0.4 is 0 Å². The standard InChI is InChI=1S/C14H18N4O/c1-11-4-2-3-5-14(11)19-7-6-18-10-17-12(8-15)13(18)9-16/h10-11,14H,2-7H2,1H3/t11-,14+/m1/s1. The fraction of sp³-hybridized carbons (Fsp3) is 0.643. The quantitative estimate of drug-likeness (QED) is 0.829. The number of hydrogen-bond acceptors (Lipinski definition) is 4. The molecule has 0 saturated heterocycles. The van der Waals surface area contributed by atoms with Gasteiger partial charge in [0, 0.05) is 6.54 Å². The minimum absolute atomic E-state index is 0.188. The van der Waals surface area contributed by atoms with Gasteiger partial charge in [0.15, 0.2) is 11.4 Å². The highest BCUT2D eigenvalue weighted by Gasteiger charge is 2.21. The first kappa shape index (κ1) is 13.6. The van der Waals surface area contributed by atoms with Gasteiger partial charge in [-0.1, -0.05) is 19.8 Å². The Labute approximate surface area is 113 Å². The Morgan fingerprint density at radius 3 is 2.84 bits per heavy atom. The maximum absolute atomic E-state index is 9.01. The third kappa shape index (κ3) is 3.13. The highest BCUT2D eigenvalue weighted by atomic mass is 16.5. The van der Waals surface area contributed by atoms with E-state index >= 15 is 0 Å². The first-order valence-corrected chi connectivity index (χ1v) is 6.73. The van der Waals surface area contributed by atoms with E-state index in [4.69, 9.17) is 15.3 Å². The first-order valence-electron chi connectivity index (χ1n) is 6.73. The summed E-state index contributed by atoms with van der Waals surface area (Å²) in [5.74, 6) is 0.613. The van der Waals surface area contributed by atoms with Gasteiger partial charge in [-0.25, -0.2) is 4.98 Å². The summed E-state index contributed by atoms with van der Waals surface area (Å²) in [7, 11) is 0. The lowest BCUT2D eigenvalue weighted by molar-refractivity contribution is -0.00843. The van der Waals surface area contributed by atoms with Crippen molar-refractivity contribution in [1.29, 1.82) is 10.5 Å². The van der Waals surface area contributed by atoms with Crippen LogP contribution in [0.15, 0.2) is 6.33 Å². The van der Waals surface area contributed by atoms with E-state index in [-0.39, 0.29) is 5.69 Å². The molecule has 1 heterocycles. The highest BCUT2D eigenvalue weighted by Crippen LogP contribution is 2.26. The van der Waals surface area contributed by atoms with Crippen molar-refractivity contribution in [2.45, 2.75) is 45.3 Å². The van der Waals surface area contributed by atoms with Crippen LogP contribution in [-0.4, -0.2) is 22.3 Å². The Bertz CT molecular complexity index is 508. The fourth-order valence-corrected chi connectivity index (χ4v) is 2.58. The van der Waals surface area contributed by atoms with E-state index in [1.54, 1.807) is 4.57 Å². The monoisotopic (exact) mass is 258 g/mol. The predicted molar refractivity (Wildman–Crippen MR) is 69.0 cm³/mol. The highest BCUT2D eigenvalue weighted by molar-refractivity contribution is 5.35. The van der Waals surface area contributed by atoms with Crippen molar-refractivity contribution in [2.24, 2.45) is 5.92 Å². The molecule has 2 atom stereocenters. The summed E-state index contributed by atoms with van der Waals surface area (Å²) in [5, 5.41) is 17.8. The molecule has 1 aliphatic rings. The molecule has 5 heteroatoms.